The Morgan fingerprint density at radius 2 is 2.00 bits per heavy atom. The Kier molecular flexibility index (Phi) is 5.20. The topological polar surface area (TPSA) is 47.4 Å². The number of unbranched alkanes of at least 4 members (excludes halogenated alkanes) is 1. The normalized spacial score (nSPS) is 10.5. The number of methoxy groups -OCH3 is 1. The van der Waals surface area contributed by atoms with Gasteiger partial charge in [0.05, 0.1) is 12.8 Å². The molecule has 0 spiro atoms. The molecular weight excluding hydrogens is 278 g/mol. The summed E-state index contributed by atoms with van der Waals surface area (Å²) in [5.41, 5.74) is 2.40. The average Bonchev–Trinajstić information content (AvgIpc) is 2.93. The van der Waals surface area contributed by atoms with Gasteiger partial charge in [0.2, 0.25) is 0 Å². The molecule has 0 N–H and O–H groups in total. The van der Waals surface area contributed by atoms with Crippen molar-refractivity contribution in [2.45, 2.75) is 19.8 Å². The number of nitrogens with zero attached hydrogens (tertiary/aromatic N) is 3. The van der Waals surface area contributed by atoms with Crippen molar-refractivity contribution in [1.82, 2.24) is 14.7 Å². The van der Waals surface area contributed by atoms with E-state index in [-0.39, 0.29) is 5.91 Å². The molecule has 0 radical (unpaired) electrons. The second kappa shape index (κ2) is 7.11. The van der Waals surface area contributed by atoms with E-state index in [0.717, 1.165) is 36.4 Å². The van der Waals surface area contributed by atoms with E-state index in [1.165, 1.54) is 0 Å². The van der Waals surface area contributed by atoms with Crippen LogP contribution in [0.1, 0.15) is 30.3 Å². The van der Waals surface area contributed by atoms with Gasteiger partial charge < -0.3 is 9.64 Å². The number of amides is 1. The number of aromatic nitrogens is 2. The lowest BCUT2D eigenvalue weighted by Gasteiger charge is -2.14. The molecule has 118 valence electrons. The lowest BCUT2D eigenvalue weighted by molar-refractivity contribution is 0.0786. The molecule has 0 aliphatic carbocycles. The maximum absolute atomic E-state index is 12.4. The van der Waals surface area contributed by atoms with Crippen LogP contribution in [0.4, 0.5) is 0 Å². The third-order valence-corrected chi connectivity index (χ3v) is 3.68. The van der Waals surface area contributed by atoms with Crippen molar-refractivity contribution < 1.29 is 9.53 Å². The molecule has 0 atom stereocenters. The van der Waals surface area contributed by atoms with E-state index >= 15 is 0 Å². The quantitative estimate of drug-likeness (QED) is 0.824. The Bertz CT molecular complexity index is 632. The molecule has 2 aromatic rings. The van der Waals surface area contributed by atoms with Crippen LogP contribution >= 0.6 is 0 Å². The van der Waals surface area contributed by atoms with Gasteiger partial charge in [0, 0.05) is 26.2 Å². The zero-order chi connectivity index (χ0) is 16.1. The fourth-order valence-corrected chi connectivity index (χ4v) is 2.30. The molecular formula is C17H23N3O2. The molecule has 0 aliphatic heterocycles. The number of rotatable bonds is 6. The Morgan fingerprint density at radius 1 is 1.32 bits per heavy atom. The standard InChI is InChI=1S/C17H23N3O2/c1-5-6-11-19(2)17(21)15-12-16(20(3)18-15)13-7-9-14(22-4)10-8-13/h7-10,12H,5-6,11H2,1-4H3. The first-order chi connectivity index (χ1) is 10.6. The lowest BCUT2D eigenvalue weighted by atomic mass is 10.1. The molecule has 5 heteroatoms. The van der Waals surface area contributed by atoms with Gasteiger partial charge in [-0.1, -0.05) is 13.3 Å². The van der Waals surface area contributed by atoms with E-state index in [9.17, 15) is 4.79 Å². The third kappa shape index (κ3) is 3.47. The molecule has 1 aromatic heterocycles. The van der Waals surface area contributed by atoms with Crippen LogP contribution in [-0.2, 0) is 7.05 Å². The van der Waals surface area contributed by atoms with Crippen LogP contribution in [0.5, 0.6) is 5.75 Å². The van der Waals surface area contributed by atoms with Crippen molar-refractivity contribution in [2.24, 2.45) is 7.05 Å². The minimum absolute atomic E-state index is 0.0381. The van der Waals surface area contributed by atoms with Gasteiger partial charge in [-0.3, -0.25) is 9.48 Å². The second-order valence-electron chi connectivity index (χ2n) is 5.35. The number of hydrogen-bond donors (Lipinski definition) is 0. The van der Waals surface area contributed by atoms with Crippen LogP contribution in [0.3, 0.4) is 0 Å². The first-order valence-electron chi connectivity index (χ1n) is 7.50. The Labute approximate surface area is 131 Å². The average molecular weight is 301 g/mol. The van der Waals surface area contributed by atoms with Crippen molar-refractivity contribution in [3.05, 3.63) is 36.0 Å². The monoisotopic (exact) mass is 301 g/mol. The lowest BCUT2D eigenvalue weighted by Crippen LogP contribution is -2.28. The molecule has 0 bridgehead atoms. The Morgan fingerprint density at radius 3 is 2.59 bits per heavy atom. The van der Waals surface area contributed by atoms with Crippen LogP contribution < -0.4 is 4.74 Å². The van der Waals surface area contributed by atoms with Gasteiger partial charge in [0.1, 0.15) is 5.75 Å². The summed E-state index contributed by atoms with van der Waals surface area (Å²) in [7, 11) is 5.31. The summed E-state index contributed by atoms with van der Waals surface area (Å²) in [4.78, 5) is 14.1. The fraction of sp³-hybridized carbons (Fsp3) is 0.412. The smallest absolute Gasteiger partial charge is 0.274 e. The molecule has 22 heavy (non-hydrogen) atoms. The van der Waals surface area contributed by atoms with E-state index in [2.05, 4.69) is 12.0 Å². The molecule has 5 nitrogen and oxygen atoms in total. The first kappa shape index (κ1) is 16.1. The molecule has 0 unspecified atom stereocenters. The van der Waals surface area contributed by atoms with E-state index in [4.69, 9.17) is 4.74 Å². The fourth-order valence-electron chi connectivity index (χ4n) is 2.30. The minimum Gasteiger partial charge on any atom is -0.497 e. The van der Waals surface area contributed by atoms with Crippen molar-refractivity contribution >= 4 is 5.91 Å². The van der Waals surface area contributed by atoms with Gasteiger partial charge in [-0.15, -0.1) is 0 Å². The van der Waals surface area contributed by atoms with E-state index in [0.29, 0.717) is 5.69 Å². The van der Waals surface area contributed by atoms with Crippen LogP contribution in [0.15, 0.2) is 30.3 Å². The molecule has 0 saturated heterocycles. The number of aryl methyl sites for hydroxylation is 1. The first-order valence-corrected chi connectivity index (χ1v) is 7.50. The van der Waals surface area contributed by atoms with E-state index in [1.807, 2.05) is 44.4 Å². The molecule has 1 amide bonds. The number of carbonyl (C=O) groups is 1. The predicted octanol–water partition coefficient (Wildman–Crippen LogP) is 2.97. The summed E-state index contributed by atoms with van der Waals surface area (Å²) in [6, 6.07) is 9.57. The summed E-state index contributed by atoms with van der Waals surface area (Å²) >= 11 is 0. The van der Waals surface area contributed by atoms with Gasteiger partial charge >= 0.3 is 0 Å². The van der Waals surface area contributed by atoms with Gasteiger partial charge in [-0.2, -0.15) is 5.10 Å². The third-order valence-electron chi connectivity index (χ3n) is 3.68. The van der Waals surface area contributed by atoms with Crippen LogP contribution in [0.25, 0.3) is 11.3 Å². The predicted molar refractivity (Wildman–Crippen MR) is 87.1 cm³/mol. The Hall–Kier alpha value is -2.30. The largest absolute Gasteiger partial charge is 0.497 e. The van der Waals surface area contributed by atoms with Gasteiger partial charge in [-0.25, -0.2) is 0 Å². The van der Waals surface area contributed by atoms with Gasteiger partial charge in [0.15, 0.2) is 5.69 Å². The van der Waals surface area contributed by atoms with Crippen molar-refractivity contribution in [3.8, 4) is 17.0 Å². The zero-order valence-corrected chi connectivity index (χ0v) is 13.7. The van der Waals surface area contributed by atoms with Crippen molar-refractivity contribution in [3.63, 3.8) is 0 Å². The van der Waals surface area contributed by atoms with Crippen LogP contribution in [0.2, 0.25) is 0 Å². The van der Waals surface area contributed by atoms with Gasteiger partial charge in [0.25, 0.3) is 5.91 Å². The highest BCUT2D eigenvalue weighted by Gasteiger charge is 2.17. The van der Waals surface area contributed by atoms with Crippen molar-refractivity contribution in [1.29, 1.82) is 0 Å². The highest BCUT2D eigenvalue weighted by atomic mass is 16.5. The molecule has 1 heterocycles. The van der Waals surface area contributed by atoms with Crippen LogP contribution in [0, 0.1) is 0 Å². The molecule has 0 saturated carbocycles. The second-order valence-corrected chi connectivity index (χ2v) is 5.35. The highest BCUT2D eigenvalue weighted by Crippen LogP contribution is 2.23. The van der Waals surface area contributed by atoms with E-state index in [1.54, 1.807) is 16.7 Å². The van der Waals surface area contributed by atoms with Crippen LogP contribution in [-0.4, -0.2) is 41.3 Å². The SMILES string of the molecule is CCCCN(C)C(=O)c1cc(-c2ccc(OC)cc2)n(C)n1. The van der Waals surface area contributed by atoms with E-state index < -0.39 is 0 Å². The van der Waals surface area contributed by atoms with Crippen molar-refractivity contribution in [2.75, 3.05) is 20.7 Å². The summed E-state index contributed by atoms with van der Waals surface area (Å²) < 4.78 is 6.90. The highest BCUT2D eigenvalue weighted by molar-refractivity contribution is 5.93. The maximum Gasteiger partial charge on any atom is 0.274 e. The van der Waals surface area contributed by atoms with Gasteiger partial charge in [-0.05, 0) is 36.8 Å². The number of hydrogen-bond acceptors (Lipinski definition) is 3. The summed E-state index contributed by atoms with van der Waals surface area (Å²) in [6.07, 6.45) is 2.07. The maximum atomic E-state index is 12.4. The zero-order valence-electron chi connectivity index (χ0n) is 13.7. The summed E-state index contributed by atoms with van der Waals surface area (Å²) in [5.74, 6) is 0.769. The summed E-state index contributed by atoms with van der Waals surface area (Å²) in [6.45, 7) is 2.87. The molecule has 1 aromatic carbocycles. The number of carbonyl (C=O) groups excluding carboxylic acids is 1. The molecule has 0 aliphatic rings. The number of benzene rings is 1. The number of ether oxygens (including phenoxy) is 1. The minimum atomic E-state index is -0.0381. The molecule has 2 rings (SSSR count). The molecule has 0 fully saturated rings. The summed E-state index contributed by atoms with van der Waals surface area (Å²) in [5, 5.41) is 4.35. The Balaban J connectivity index is 2.21.